The molecule has 0 aliphatic heterocycles. The van der Waals surface area contributed by atoms with E-state index in [-0.39, 0.29) is 18.3 Å². The molecule has 0 aromatic heterocycles. The minimum Gasteiger partial charge on any atom is -0.484 e. The number of thioether (sulfide) groups is 1. The molecule has 0 saturated heterocycles. The van der Waals surface area contributed by atoms with E-state index >= 15 is 0 Å². The summed E-state index contributed by atoms with van der Waals surface area (Å²) in [5.74, 6) is 1.52. The molecule has 0 spiro atoms. The van der Waals surface area contributed by atoms with E-state index in [9.17, 15) is 9.18 Å². The van der Waals surface area contributed by atoms with Crippen LogP contribution in [0.4, 0.5) is 4.39 Å². The predicted molar refractivity (Wildman–Crippen MR) is 92.5 cm³/mol. The Bertz CT molecular complexity index is 637. The molecule has 0 radical (unpaired) electrons. The average molecular weight is 354 g/mol. The Morgan fingerprint density at radius 3 is 2.65 bits per heavy atom. The number of carbonyl (C=O) groups is 1. The van der Waals surface area contributed by atoms with Gasteiger partial charge in [-0.25, -0.2) is 4.39 Å². The lowest BCUT2D eigenvalue weighted by atomic mass is 10.2. The topological polar surface area (TPSA) is 38.3 Å². The molecule has 1 N–H and O–H groups in total. The van der Waals surface area contributed by atoms with Crippen LogP contribution >= 0.6 is 23.4 Å². The summed E-state index contributed by atoms with van der Waals surface area (Å²) in [5.41, 5.74) is 1.09. The normalized spacial score (nSPS) is 10.3. The fraction of sp³-hybridized carbons (Fsp3) is 0.235. The van der Waals surface area contributed by atoms with E-state index in [1.807, 2.05) is 24.3 Å². The smallest absolute Gasteiger partial charge is 0.257 e. The maximum Gasteiger partial charge on any atom is 0.257 e. The van der Waals surface area contributed by atoms with E-state index in [1.165, 1.54) is 24.3 Å². The average Bonchev–Trinajstić information content (AvgIpc) is 2.55. The molecule has 0 fully saturated rings. The second-order valence-electron chi connectivity index (χ2n) is 4.74. The van der Waals surface area contributed by atoms with Gasteiger partial charge in [-0.1, -0.05) is 29.8 Å². The molecule has 1 amide bonds. The van der Waals surface area contributed by atoms with Gasteiger partial charge < -0.3 is 10.1 Å². The molecule has 0 saturated carbocycles. The highest BCUT2D eigenvalue weighted by Gasteiger charge is 2.03. The van der Waals surface area contributed by atoms with Crippen molar-refractivity contribution in [2.24, 2.45) is 0 Å². The van der Waals surface area contributed by atoms with Crippen LogP contribution in [0.2, 0.25) is 5.02 Å². The molecule has 0 heterocycles. The van der Waals surface area contributed by atoms with Gasteiger partial charge in [0.1, 0.15) is 11.6 Å². The van der Waals surface area contributed by atoms with Crippen LogP contribution in [0, 0.1) is 5.82 Å². The monoisotopic (exact) mass is 353 g/mol. The van der Waals surface area contributed by atoms with Crippen molar-refractivity contribution < 1.29 is 13.9 Å². The molecule has 0 unspecified atom stereocenters. The molecule has 0 aliphatic carbocycles. The number of nitrogens with one attached hydrogen (secondary N) is 1. The van der Waals surface area contributed by atoms with E-state index in [0.717, 1.165) is 22.1 Å². The number of hydrogen-bond acceptors (Lipinski definition) is 3. The molecule has 0 aliphatic rings. The molecule has 122 valence electrons. The van der Waals surface area contributed by atoms with Gasteiger partial charge >= 0.3 is 0 Å². The third-order valence-electron chi connectivity index (χ3n) is 2.97. The van der Waals surface area contributed by atoms with E-state index < -0.39 is 0 Å². The first-order valence-electron chi connectivity index (χ1n) is 7.11. The summed E-state index contributed by atoms with van der Waals surface area (Å²) in [6, 6.07) is 13.3. The van der Waals surface area contributed by atoms with Crippen molar-refractivity contribution in [1.82, 2.24) is 5.32 Å². The lowest BCUT2D eigenvalue weighted by molar-refractivity contribution is -0.122. The number of hydrogen-bond donors (Lipinski definition) is 1. The zero-order chi connectivity index (χ0) is 16.5. The Kier molecular flexibility index (Phi) is 7.23. The van der Waals surface area contributed by atoms with Crippen molar-refractivity contribution in [3.8, 4) is 5.75 Å². The summed E-state index contributed by atoms with van der Waals surface area (Å²) in [7, 11) is 0. The largest absolute Gasteiger partial charge is 0.484 e. The van der Waals surface area contributed by atoms with Crippen LogP contribution < -0.4 is 10.1 Å². The Balaban J connectivity index is 1.58. The van der Waals surface area contributed by atoms with Crippen molar-refractivity contribution in [2.45, 2.75) is 5.75 Å². The summed E-state index contributed by atoms with van der Waals surface area (Å²) in [6.07, 6.45) is 0. The van der Waals surface area contributed by atoms with Gasteiger partial charge in [0.2, 0.25) is 0 Å². The molecule has 3 nitrogen and oxygen atoms in total. The minimum atomic E-state index is -0.336. The van der Waals surface area contributed by atoms with Gasteiger partial charge in [0, 0.05) is 23.1 Å². The van der Waals surface area contributed by atoms with Crippen LogP contribution in [0.15, 0.2) is 48.5 Å². The Hall–Kier alpha value is -1.72. The fourth-order valence-electron chi connectivity index (χ4n) is 1.79. The highest BCUT2D eigenvalue weighted by atomic mass is 35.5. The van der Waals surface area contributed by atoms with Crippen molar-refractivity contribution in [2.75, 3.05) is 18.9 Å². The third kappa shape index (κ3) is 6.50. The summed E-state index contributed by atoms with van der Waals surface area (Å²) >= 11 is 7.77. The summed E-state index contributed by atoms with van der Waals surface area (Å²) < 4.78 is 18.0. The first-order valence-corrected chi connectivity index (χ1v) is 8.64. The molecular formula is C17H17ClFNO2S. The molecular weight excluding hydrogens is 337 g/mol. The van der Waals surface area contributed by atoms with E-state index in [2.05, 4.69) is 5.32 Å². The van der Waals surface area contributed by atoms with Crippen LogP contribution in [-0.4, -0.2) is 24.8 Å². The number of carbonyl (C=O) groups excluding carboxylic acids is 1. The number of benzene rings is 2. The first-order chi connectivity index (χ1) is 11.1. The lowest BCUT2D eigenvalue weighted by Gasteiger charge is -2.08. The van der Waals surface area contributed by atoms with Gasteiger partial charge in [0.15, 0.2) is 6.61 Å². The SMILES string of the molecule is O=C(COc1ccc(F)cc1)NCCSCc1ccccc1Cl. The number of amides is 1. The van der Waals surface area contributed by atoms with Crippen molar-refractivity contribution in [3.63, 3.8) is 0 Å². The molecule has 2 aromatic rings. The van der Waals surface area contributed by atoms with Crippen LogP contribution in [0.25, 0.3) is 0 Å². The Labute approximate surface area is 144 Å². The standard InChI is InChI=1S/C17H17ClFNO2S/c18-16-4-2-1-3-13(16)12-23-10-9-20-17(21)11-22-15-7-5-14(19)6-8-15/h1-8H,9-12H2,(H,20,21). The molecule has 23 heavy (non-hydrogen) atoms. The number of rotatable bonds is 8. The first kappa shape index (κ1) is 17.6. The van der Waals surface area contributed by atoms with Crippen molar-refractivity contribution >= 4 is 29.3 Å². The second-order valence-corrected chi connectivity index (χ2v) is 6.25. The van der Waals surface area contributed by atoms with Gasteiger partial charge in [0.25, 0.3) is 5.91 Å². The van der Waals surface area contributed by atoms with Crippen LogP contribution in [0.5, 0.6) is 5.75 Å². The van der Waals surface area contributed by atoms with E-state index in [0.29, 0.717) is 12.3 Å². The maximum atomic E-state index is 12.7. The van der Waals surface area contributed by atoms with Crippen LogP contribution in [-0.2, 0) is 10.5 Å². The molecule has 2 aromatic carbocycles. The summed E-state index contributed by atoms with van der Waals surface area (Å²) in [4.78, 5) is 11.6. The van der Waals surface area contributed by atoms with E-state index in [4.69, 9.17) is 16.3 Å². The Morgan fingerprint density at radius 1 is 1.17 bits per heavy atom. The highest BCUT2D eigenvalue weighted by Crippen LogP contribution is 2.20. The van der Waals surface area contributed by atoms with Gasteiger partial charge in [-0.3, -0.25) is 4.79 Å². The van der Waals surface area contributed by atoms with Crippen molar-refractivity contribution in [3.05, 3.63) is 64.9 Å². The third-order valence-corrected chi connectivity index (χ3v) is 4.34. The highest BCUT2D eigenvalue weighted by molar-refractivity contribution is 7.98. The minimum absolute atomic E-state index is 0.0825. The molecule has 6 heteroatoms. The van der Waals surface area contributed by atoms with Crippen molar-refractivity contribution in [1.29, 1.82) is 0 Å². The van der Waals surface area contributed by atoms with Gasteiger partial charge in [-0.05, 0) is 35.9 Å². The van der Waals surface area contributed by atoms with E-state index in [1.54, 1.807) is 11.8 Å². The molecule has 0 atom stereocenters. The van der Waals surface area contributed by atoms with Gasteiger partial charge in [0.05, 0.1) is 0 Å². The molecule has 0 bridgehead atoms. The van der Waals surface area contributed by atoms with Crippen LogP contribution in [0.1, 0.15) is 5.56 Å². The summed E-state index contributed by atoms with van der Waals surface area (Å²) in [6.45, 7) is 0.474. The number of ether oxygens (including phenoxy) is 1. The zero-order valence-corrected chi connectivity index (χ0v) is 14.0. The maximum absolute atomic E-state index is 12.7. The van der Waals surface area contributed by atoms with Gasteiger partial charge in [-0.2, -0.15) is 11.8 Å². The lowest BCUT2D eigenvalue weighted by Crippen LogP contribution is -2.30. The fourth-order valence-corrected chi connectivity index (χ4v) is 2.94. The number of halogens is 2. The predicted octanol–water partition coefficient (Wildman–Crippen LogP) is 3.91. The van der Waals surface area contributed by atoms with Gasteiger partial charge in [-0.15, -0.1) is 0 Å². The quantitative estimate of drug-likeness (QED) is 0.731. The Morgan fingerprint density at radius 2 is 1.91 bits per heavy atom. The van der Waals surface area contributed by atoms with Crippen LogP contribution in [0.3, 0.4) is 0 Å². The zero-order valence-electron chi connectivity index (χ0n) is 12.4. The molecule has 2 rings (SSSR count). The summed E-state index contributed by atoms with van der Waals surface area (Å²) in [5, 5.41) is 3.53. The second kappa shape index (κ2) is 9.43.